The first-order valence-corrected chi connectivity index (χ1v) is 6.55. The van der Waals surface area contributed by atoms with Crippen LogP contribution in [0, 0.1) is 0 Å². The van der Waals surface area contributed by atoms with Crippen molar-refractivity contribution in [1.29, 1.82) is 0 Å². The van der Waals surface area contributed by atoms with Crippen molar-refractivity contribution in [2.75, 3.05) is 26.2 Å². The molecule has 0 aliphatic carbocycles. The quantitative estimate of drug-likeness (QED) is 0.813. The third-order valence-corrected chi connectivity index (χ3v) is 3.23. The number of hydrogen-bond acceptors (Lipinski definition) is 3. The van der Waals surface area contributed by atoms with Crippen LogP contribution < -0.4 is 11.1 Å². The van der Waals surface area contributed by atoms with Crippen molar-refractivity contribution in [3.63, 3.8) is 0 Å². The molecule has 0 radical (unpaired) electrons. The molecule has 0 saturated carbocycles. The first kappa shape index (κ1) is 13.5. The van der Waals surface area contributed by atoms with E-state index < -0.39 is 0 Å². The Bertz CT molecular complexity index is 456. The van der Waals surface area contributed by atoms with Gasteiger partial charge in [-0.05, 0) is 30.7 Å². The lowest BCUT2D eigenvalue weighted by atomic mass is 10.1. The molecule has 1 heterocycles. The Balaban J connectivity index is 2.03. The average Bonchev–Trinajstić information content (AvgIpc) is 2.64. The zero-order valence-electron chi connectivity index (χ0n) is 10.9. The van der Waals surface area contributed by atoms with E-state index >= 15 is 0 Å². The second-order valence-corrected chi connectivity index (χ2v) is 4.63. The highest BCUT2D eigenvalue weighted by Crippen LogP contribution is 2.09. The molecule has 1 aromatic carbocycles. The molecule has 5 nitrogen and oxygen atoms in total. The summed E-state index contributed by atoms with van der Waals surface area (Å²) in [7, 11) is 0. The third kappa shape index (κ3) is 3.54. The summed E-state index contributed by atoms with van der Waals surface area (Å²) < 4.78 is 0. The van der Waals surface area contributed by atoms with Crippen LogP contribution in [0.5, 0.6) is 0 Å². The summed E-state index contributed by atoms with van der Waals surface area (Å²) in [5.74, 6) is -0.00982. The van der Waals surface area contributed by atoms with Gasteiger partial charge < -0.3 is 16.0 Å². The molecule has 0 bridgehead atoms. The maximum atomic E-state index is 12.3. The van der Waals surface area contributed by atoms with Crippen LogP contribution >= 0.6 is 0 Å². The lowest BCUT2D eigenvalue weighted by Crippen LogP contribution is -2.34. The lowest BCUT2D eigenvalue weighted by molar-refractivity contribution is -0.120. The van der Waals surface area contributed by atoms with Gasteiger partial charge in [-0.3, -0.25) is 9.59 Å². The fourth-order valence-corrected chi connectivity index (χ4v) is 2.13. The SMILES string of the molecule is NCCc1ccc(C(=O)N2CCNC(=O)CC2)cc1. The fourth-order valence-electron chi connectivity index (χ4n) is 2.13. The molecule has 0 spiro atoms. The Kier molecular flexibility index (Phi) is 4.52. The Morgan fingerprint density at radius 1 is 1.26 bits per heavy atom. The molecule has 19 heavy (non-hydrogen) atoms. The van der Waals surface area contributed by atoms with Crippen LogP contribution in [0.1, 0.15) is 22.3 Å². The summed E-state index contributed by atoms with van der Waals surface area (Å²) in [4.78, 5) is 25.3. The van der Waals surface area contributed by atoms with E-state index in [0.29, 0.717) is 38.2 Å². The molecule has 0 aromatic heterocycles. The molecule has 1 aromatic rings. The summed E-state index contributed by atoms with van der Waals surface area (Å²) in [5, 5.41) is 2.76. The maximum Gasteiger partial charge on any atom is 0.253 e. The minimum atomic E-state index is -0.0178. The first-order valence-electron chi connectivity index (χ1n) is 6.55. The summed E-state index contributed by atoms with van der Waals surface area (Å²) in [6.07, 6.45) is 1.19. The van der Waals surface area contributed by atoms with Gasteiger partial charge in [0.1, 0.15) is 0 Å². The summed E-state index contributed by atoms with van der Waals surface area (Å²) in [5.41, 5.74) is 7.29. The van der Waals surface area contributed by atoms with Crippen LogP contribution in [0.15, 0.2) is 24.3 Å². The highest BCUT2D eigenvalue weighted by molar-refractivity contribution is 5.94. The number of nitrogens with zero attached hydrogens (tertiary/aromatic N) is 1. The number of carbonyl (C=O) groups is 2. The first-order chi connectivity index (χ1) is 9.20. The number of benzene rings is 1. The van der Waals surface area contributed by atoms with Gasteiger partial charge in [0, 0.05) is 31.6 Å². The Labute approximate surface area is 112 Å². The van der Waals surface area contributed by atoms with E-state index in [1.54, 1.807) is 4.90 Å². The largest absolute Gasteiger partial charge is 0.354 e. The molecule has 5 heteroatoms. The molecule has 1 saturated heterocycles. The van der Waals surface area contributed by atoms with Gasteiger partial charge in [0.2, 0.25) is 5.91 Å². The number of nitrogens with two attached hydrogens (primary N) is 1. The normalized spacial score (nSPS) is 15.8. The Hall–Kier alpha value is -1.88. The number of nitrogens with one attached hydrogen (secondary N) is 1. The van der Waals surface area contributed by atoms with Gasteiger partial charge in [0.05, 0.1) is 0 Å². The van der Waals surface area contributed by atoms with Crippen LogP contribution in [0.2, 0.25) is 0 Å². The molecule has 3 N–H and O–H groups in total. The molecule has 1 aliphatic rings. The monoisotopic (exact) mass is 261 g/mol. The van der Waals surface area contributed by atoms with E-state index in [1.165, 1.54) is 0 Å². The van der Waals surface area contributed by atoms with Gasteiger partial charge in [-0.15, -0.1) is 0 Å². The summed E-state index contributed by atoms with van der Waals surface area (Å²) in [6.45, 7) is 2.17. The highest BCUT2D eigenvalue weighted by atomic mass is 16.2. The van der Waals surface area contributed by atoms with Crippen molar-refractivity contribution in [1.82, 2.24) is 10.2 Å². The van der Waals surface area contributed by atoms with Crippen LogP contribution in [0.25, 0.3) is 0 Å². The standard InChI is InChI=1S/C14H19N3O2/c15-7-5-11-1-3-12(4-2-11)14(19)17-9-6-13(18)16-8-10-17/h1-4H,5-10,15H2,(H,16,18). The van der Waals surface area contributed by atoms with Crippen molar-refractivity contribution in [3.8, 4) is 0 Å². The lowest BCUT2D eigenvalue weighted by Gasteiger charge is -2.19. The molecule has 2 rings (SSSR count). The van der Waals surface area contributed by atoms with Gasteiger partial charge in [-0.1, -0.05) is 12.1 Å². The molecule has 1 fully saturated rings. The van der Waals surface area contributed by atoms with E-state index in [2.05, 4.69) is 5.32 Å². The topological polar surface area (TPSA) is 75.4 Å². The number of hydrogen-bond donors (Lipinski definition) is 2. The van der Waals surface area contributed by atoms with E-state index in [-0.39, 0.29) is 11.8 Å². The van der Waals surface area contributed by atoms with Gasteiger partial charge >= 0.3 is 0 Å². The molecule has 102 valence electrons. The van der Waals surface area contributed by atoms with Gasteiger partial charge in [0.25, 0.3) is 5.91 Å². The fraction of sp³-hybridized carbons (Fsp3) is 0.429. The maximum absolute atomic E-state index is 12.3. The number of carbonyl (C=O) groups excluding carboxylic acids is 2. The molecular weight excluding hydrogens is 242 g/mol. The van der Waals surface area contributed by atoms with Gasteiger partial charge in [-0.25, -0.2) is 0 Å². The van der Waals surface area contributed by atoms with Crippen molar-refractivity contribution in [3.05, 3.63) is 35.4 Å². The predicted molar refractivity (Wildman–Crippen MR) is 72.7 cm³/mol. The zero-order valence-corrected chi connectivity index (χ0v) is 10.9. The number of rotatable bonds is 3. The highest BCUT2D eigenvalue weighted by Gasteiger charge is 2.19. The molecule has 0 atom stereocenters. The molecular formula is C14H19N3O2. The van der Waals surface area contributed by atoms with E-state index in [0.717, 1.165) is 12.0 Å². The van der Waals surface area contributed by atoms with Gasteiger partial charge in [0.15, 0.2) is 0 Å². The van der Waals surface area contributed by atoms with E-state index in [1.807, 2.05) is 24.3 Å². The minimum absolute atomic E-state index is 0.00796. The smallest absolute Gasteiger partial charge is 0.253 e. The molecule has 0 unspecified atom stereocenters. The zero-order chi connectivity index (χ0) is 13.7. The van der Waals surface area contributed by atoms with Crippen LogP contribution in [-0.4, -0.2) is 42.9 Å². The van der Waals surface area contributed by atoms with E-state index in [9.17, 15) is 9.59 Å². The predicted octanol–water partition coefficient (Wildman–Crippen LogP) is 0.150. The Morgan fingerprint density at radius 2 is 2.00 bits per heavy atom. The summed E-state index contributed by atoms with van der Waals surface area (Å²) >= 11 is 0. The third-order valence-electron chi connectivity index (χ3n) is 3.23. The second-order valence-electron chi connectivity index (χ2n) is 4.63. The second kappa shape index (κ2) is 6.33. The van der Waals surface area contributed by atoms with Gasteiger partial charge in [-0.2, -0.15) is 0 Å². The van der Waals surface area contributed by atoms with E-state index in [4.69, 9.17) is 5.73 Å². The van der Waals surface area contributed by atoms with Crippen molar-refractivity contribution < 1.29 is 9.59 Å². The van der Waals surface area contributed by atoms with Crippen molar-refractivity contribution in [2.24, 2.45) is 5.73 Å². The van der Waals surface area contributed by atoms with Crippen molar-refractivity contribution in [2.45, 2.75) is 12.8 Å². The Morgan fingerprint density at radius 3 is 2.68 bits per heavy atom. The number of amides is 2. The van der Waals surface area contributed by atoms with Crippen molar-refractivity contribution >= 4 is 11.8 Å². The van der Waals surface area contributed by atoms with Crippen LogP contribution in [0.3, 0.4) is 0 Å². The average molecular weight is 261 g/mol. The minimum Gasteiger partial charge on any atom is -0.354 e. The molecule has 2 amide bonds. The van der Waals surface area contributed by atoms with Crippen LogP contribution in [-0.2, 0) is 11.2 Å². The van der Waals surface area contributed by atoms with Crippen LogP contribution in [0.4, 0.5) is 0 Å². The molecule has 1 aliphatic heterocycles. The summed E-state index contributed by atoms with van der Waals surface area (Å²) in [6, 6.07) is 7.52.